The third-order valence-electron chi connectivity index (χ3n) is 4.58. The van der Waals surface area contributed by atoms with Crippen LogP contribution in [0, 0.1) is 11.3 Å². The number of rotatable bonds is 4. The van der Waals surface area contributed by atoms with Crippen molar-refractivity contribution in [3.05, 3.63) is 59.0 Å². The van der Waals surface area contributed by atoms with Crippen molar-refractivity contribution in [2.24, 2.45) is 0 Å². The lowest BCUT2D eigenvalue weighted by Gasteiger charge is -2.17. The third kappa shape index (κ3) is 3.40. The molecule has 9 nitrogen and oxygen atoms in total. The number of fused-ring (bicyclic) bond motifs is 1. The van der Waals surface area contributed by atoms with Crippen LogP contribution in [0.2, 0.25) is 0 Å². The molecule has 0 radical (unpaired) electrons. The van der Waals surface area contributed by atoms with E-state index in [1.165, 1.54) is 23.3 Å². The molecule has 0 saturated carbocycles. The molecule has 3 aromatic rings. The van der Waals surface area contributed by atoms with Gasteiger partial charge in [0.05, 0.1) is 23.8 Å². The highest BCUT2D eigenvalue weighted by molar-refractivity contribution is 5.79. The average Bonchev–Trinajstić information content (AvgIpc) is 3.19. The Morgan fingerprint density at radius 3 is 2.93 bits per heavy atom. The summed E-state index contributed by atoms with van der Waals surface area (Å²) in [6.45, 7) is 0.773. The molecular weight excluding hydrogens is 360 g/mol. The van der Waals surface area contributed by atoms with E-state index in [2.05, 4.69) is 15.0 Å². The Hall–Kier alpha value is -3.80. The van der Waals surface area contributed by atoms with E-state index in [0.29, 0.717) is 30.4 Å². The smallest absolute Gasteiger partial charge is 0.261 e. The zero-order valence-corrected chi connectivity index (χ0v) is 14.9. The number of hydrogen-bond acceptors (Lipinski definition) is 7. The fourth-order valence-electron chi connectivity index (χ4n) is 3.16. The molecule has 0 N–H and O–H groups in total. The lowest BCUT2D eigenvalue weighted by molar-refractivity contribution is -0.131. The number of carbonyl (C=O) groups is 1. The first-order valence-electron chi connectivity index (χ1n) is 8.75. The molecule has 1 aliphatic rings. The molecule has 0 bridgehead atoms. The number of para-hydroxylation sites is 1. The van der Waals surface area contributed by atoms with Crippen molar-refractivity contribution in [3.63, 3.8) is 0 Å². The number of likely N-dealkylation sites (tertiary alicyclic amines) is 1. The van der Waals surface area contributed by atoms with Gasteiger partial charge in [0, 0.05) is 25.4 Å². The minimum Gasteiger partial charge on any atom is -0.470 e. The summed E-state index contributed by atoms with van der Waals surface area (Å²) in [6.07, 6.45) is 4.60. The van der Waals surface area contributed by atoms with E-state index >= 15 is 0 Å². The van der Waals surface area contributed by atoms with E-state index < -0.39 is 0 Å². The minimum absolute atomic E-state index is 0.0853. The van der Waals surface area contributed by atoms with Crippen molar-refractivity contribution in [2.75, 3.05) is 13.1 Å². The van der Waals surface area contributed by atoms with Gasteiger partial charge in [-0.1, -0.05) is 12.1 Å². The van der Waals surface area contributed by atoms with Gasteiger partial charge >= 0.3 is 0 Å². The van der Waals surface area contributed by atoms with Crippen molar-refractivity contribution in [1.82, 2.24) is 24.4 Å². The molecule has 9 heteroatoms. The molecule has 1 saturated heterocycles. The van der Waals surface area contributed by atoms with Crippen molar-refractivity contribution in [1.29, 1.82) is 5.26 Å². The molecule has 1 amide bonds. The minimum atomic E-state index is -0.279. The molecule has 3 heterocycles. The van der Waals surface area contributed by atoms with Gasteiger partial charge < -0.3 is 9.64 Å². The van der Waals surface area contributed by atoms with Crippen LogP contribution in [0.4, 0.5) is 0 Å². The van der Waals surface area contributed by atoms with E-state index in [4.69, 9.17) is 10.00 Å². The van der Waals surface area contributed by atoms with Crippen molar-refractivity contribution < 1.29 is 9.53 Å². The first kappa shape index (κ1) is 17.6. The maximum Gasteiger partial charge on any atom is 0.261 e. The van der Waals surface area contributed by atoms with E-state index in [1.54, 1.807) is 23.1 Å². The molecule has 28 heavy (non-hydrogen) atoms. The molecule has 140 valence electrons. The van der Waals surface area contributed by atoms with Crippen LogP contribution in [0.3, 0.4) is 0 Å². The van der Waals surface area contributed by atoms with Gasteiger partial charge in [-0.15, -0.1) is 0 Å². The molecule has 0 spiro atoms. The zero-order chi connectivity index (χ0) is 19.5. The Morgan fingerprint density at radius 1 is 1.25 bits per heavy atom. The van der Waals surface area contributed by atoms with E-state index in [-0.39, 0.29) is 35.7 Å². The standard InChI is InChI=1S/C19H16N6O3/c20-9-16-18(22-7-6-21-16)28-13-5-8-24(10-13)17(26)11-25-12-23-15-4-2-1-3-14(15)19(25)27/h1-4,6-7,12-13H,5,8,10-11H2/t13-/m1/s1. The van der Waals surface area contributed by atoms with Gasteiger partial charge in [0.25, 0.3) is 11.4 Å². The van der Waals surface area contributed by atoms with Gasteiger partial charge in [-0.05, 0) is 12.1 Å². The second-order valence-corrected chi connectivity index (χ2v) is 6.38. The quantitative estimate of drug-likeness (QED) is 0.660. The molecule has 1 atom stereocenters. The van der Waals surface area contributed by atoms with Gasteiger partial charge in [-0.2, -0.15) is 5.26 Å². The van der Waals surface area contributed by atoms with E-state index in [1.807, 2.05) is 12.1 Å². The maximum atomic E-state index is 12.6. The predicted octanol–water partition coefficient (Wildman–Crippen LogP) is 0.738. The third-order valence-corrected chi connectivity index (χ3v) is 4.58. The van der Waals surface area contributed by atoms with Crippen LogP contribution in [-0.2, 0) is 11.3 Å². The highest BCUT2D eigenvalue weighted by Gasteiger charge is 2.29. The van der Waals surface area contributed by atoms with Crippen LogP contribution < -0.4 is 10.3 Å². The maximum absolute atomic E-state index is 12.6. The SMILES string of the molecule is N#Cc1nccnc1O[C@@H]1CCN(C(=O)Cn2cnc3ccccc3c2=O)C1. The fourth-order valence-corrected chi connectivity index (χ4v) is 3.16. The van der Waals surface area contributed by atoms with Crippen molar-refractivity contribution >= 4 is 16.8 Å². The number of hydrogen-bond donors (Lipinski definition) is 0. The molecule has 1 aliphatic heterocycles. The normalized spacial score (nSPS) is 16.1. The Balaban J connectivity index is 1.43. The van der Waals surface area contributed by atoms with Crippen LogP contribution in [0.15, 0.2) is 47.8 Å². The molecule has 1 fully saturated rings. The number of nitriles is 1. The lowest BCUT2D eigenvalue weighted by Crippen LogP contribution is -2.36. The van der Waals surface area contributed by atoms with Crippen LogP contribution in [0.5, 0.6) is 5.88 Å². The number of nitrogens with zero attached hydrogens (tertiary/aromatic N) is 6. The summed E-state index contributed by atoms with van der Waals surface area (Å²) in [7, 11) is 0. The first-order valence-corrected chi connectivity index (χ1v) is 8.75. The first-order chi connectivity index (χ1) is 13.7. The second kappa shape index (κ2) is 7.44. The van der Waals surface area contributed by atoms with E-state index in [9.17, 15) is 9.59 Å². The lowest BCUT2D eigenvalue weighted by atomic mass is 10.2. The fraction of sp³-hybridized carbons (Fsp3) is 0.263. The monoisotopic (exact) mass is 376 g/mol. The summed E-state index contributed by atoms with van der Waals surface area (Å²) in [6, 6.07) is 8.96. The Kier molecular flexibility index (Phi) is 4.68. The Morgan fingerprint density at radius 2 is 2.07 bits per heavy atom. The highest BCUT2D eigenvalue weighted by Crippen LogP contribution is 2.18. The molecule has 4 rings (SSSR count). The van der Waals surface area contributed by atoms with Crippen LogP contribution in [0.25, 0.3) is 10.9 Å². The number of ether oxygens (including phenoxy) is 1. The topological polar surface area (TPSA) is 114 Å². The summed E-state index contributed by atoms with van der Waals surface area (Å²) < 4.78 is 7.05. The predicted molar refractivity (Wildman–Crippen MR) is 98.4 cm³/mol. The van der Waals surface area contributed by atoms with Crippen LogP contribution in [0.1, 0.15) is 12.1 Å². The van der Waals surface area contributed by atoms with Crippen LogP contribution >= 0.6 is 0 Å². The Labute approximate surface area is 159 Å². The molecule has 1 aromatic carbocycles. The molecular formula is C19H16N6O3. The van der Waals surface area contributed by atoms with Crippen LogP contribution in [-0.4, -0.2) is 49.5 Å². The largest absolute Gasteiger partial charge is 0.470 e. The summed E-state index contributed by atoms with van der Waals surface area (Å²) in [4.78, 5) is 39.0. The van der Waals surface area contributed by atoms with Gasteiger partial charge in [-0.3, -0.25) is 14.2 Å². The van der Waals surface area contributed by atoms with Gasteiger partial charge in [-0.25, -0.2) is 15.0 Å². The summed E-state index contributed by atoms with van der Waals surface area (Å²) in [5, 5.41) is 9.54. The molecule has 2 aromatic heterocycles. The summed E-state index contributed by atoms with van der Waals surface area (Å²) in [5.41, 5.74) is 0.466. The van der Waals surface area contributed by atoms with Gasteiger partial charge in [0.15, 0.2) is 0 Å². The molecule has 0 aliphatic carbocycles. The average molecular weight is 376 g/mol. The highest BCUT2D eigenvalue weighted by atomic mass is 16.5. The zero-order valence-electron chi connectivity index (χ0n) is 14.9. The summed E-state index contributed by atoms with van der Waals surface area (Å²) >= 11 is 0. The number of benzene rings is 1. The number of amides is 1. The Bertz CT molecular complexity index is 1140. The van der Waals surface area contributed by atoms with Gasteiger partial charge in [0.1, 0.15) is 18.7 Å². The summed E-state index contributed by atoms with van der Waals surface area (Å²) in [5.74, 6) is -0.0239. The number of carbonyl (C=O) groups excluding carboxylic acids is 1. The molecule has 0 unspecified atom stereocenters. The van der Waals surface area contributed by atoms with E-state index in [0.717, 1.165) is 0 Å². The second-order valence-electron chi connectivity index (χ2n) is 6.38. The van der Waals surface area contributed by atoms with Gasteiger partial charge in [0.2, 0.25) is 11.6 Å². The number of aromatic nitrogens is 4. The van der Waals surface area contributed by atoms with Crippen molar-refractivity contribution in [2.45, 2.75) is 19.1 Å². The van der Waals surface area contributed by atoms with Crippen molar-refractivity contribution in [3.8, 4) is 11.9 Å².